The molecule has 2 aromatic carbocycles. The molecule has 1 N–H and O–H groups in total. The lowest BCUT2D eigenvalue weighted by atomic mass is 9.96. The lowest BCUT2D eigenvalue weighted by molar-refractivity contribution is 0.198. The Morgan fingerprint density at radius 2 is 1.71 bits per heavy atom. The van der Waals surface area contributed by atoms with E-state index in [9.17, 15) is 0 Å². The highest BCUT2D eigenvalue weighted by Gasteiger charge is 2.24. The van der Waals surface area contributed by atoms with Crippen molar-refractivity contribution in [3.63, 3.8) is 0 Å². The van der Waals surface area contributed by atoms with Crippen LogP contribution in [0.25, 0.3) is 10.9 Å². The molecule has 1 aromatic heterocycles. The summed E-state index contributed by atoms with van der Waals surface area (Å²) < 4.78 is 0. The number of piperazine rings is 1. The maximum absolute atomic E-state index is 6.09. The number of benzene rings is 2. The summed E-state index contributed by atoms with van der Waals surface area (Å²) in [6, 6.07) is 19.0. The first-order valence-corrected chi connectivity index (χ1v) is 8.74. The number of nitrogens with one attached hydrogen (secondary N) is 1. The third-order valence-electron chi connectivity index (χ3n) is 4.63. The van der Waals surface area contributed by atoms with E-state index in [0.29, 0.717) is 0 Å². The molecule has 0 aliphatic carbocycles. The second-order valence-electron chi connectivity index (χ2n) is 6.20. The average molecular weight is 338 g/mol. The van der Waals surface area contributed by atoms with Crippen LogP contribution >= 0.6 is 11.6 Å². The number of aromatic nitrogens is 1. The van der Waals surface area contributed by atoms with Crippen molar-refractivity contribution in [3.05, 3.63) is 76.9 Å². The van der Waals surface area contributed by atoms with Crippen LogP contribution in [-0.2, 0) is 0 Å². The third-order valence-corrected chi connectivity index (χ3v) is 4.88. The van der Waals surface area contributed by atoms with Gasteiger partial charge in [-0.15, -0.1) is 0 Å². The van der Waals surface area contributed by atoms with Crippen molar-refractivity contribution >= 4 is 22.5 Å². The predicted molar refractivity (Wildman–Crippen MR) is 99.5 cm³/mol. The Morgan fingerprint density at radius 3 is 2.50 bits per heavy atom. The van der Waals surface area contributed by atoms with Gasteiger partial charge in [0.2, 0.25) is 0 Å². The zero-order valence-corrected chi connectivity index (χ0v) is 14.2. The van der Waals surface area contributed by atoms with Gasteiger partial charge in [0, 0.05) is 42.8 Å². The second-order valence-corrected chi connectivity index (χ2v) is 6.64. The lowest BCUT2D eigenvalue weighted by Crippen LogP contribution is -2.45. The third kappa shape index (κ3) is 3.16. The Balaban J connectivity index is 1.79. The number of hydrogen-bond donors (Lipinski definition) is 1. The first-order valence-electron chi connectivity index (χ1n) is 8.36. The number of halogens is 1. The molecule has 1 unspecified atom stereocenters. The fourth-order valence-corrected chi connectivity index (χ4v) is 3.56. The minimum Gasteiger partial charge on any atom is -0.314 e. The quantitative estimate of drug-likeness (QED) is 0.786. The van der Waals surface area contributed by atoms with Gasteiger partial charge in [-0.25, -0.2) is 0 Å². The zero-order valence-electron chi connectivity index (χ0n) is 13.5. The molecule has 3 aromatic rings. The molecule has 1 fully saturated rings. The van der Waals surface area contributed by atoms with E-state index in [0.717, 1.165) is 36.7 Å². The average Bonchev–Trinajstić information content (AvgIpc) is 2.64. The van der Waals surface area contributed by atoms with E-state index in [1.54, 1.807) is 0 Å². The second kappa shape index (κ2) is 6.89. The number of hydrogen-bond acceptors (Lipinski definition) is 3. The van der Waals surface area contributed by atoms with E-state index in [4.69, 9.17) is 11.6 Å². The number of nitrogens with zero attached hydrogens (tertiary/aromatic N) is 2. The van der Waals surface area contributed by atoms with Gasteiger partial charge in [0.15, 0.2) is 0 Å². The maximum atomic E-state index is 6.09. The SMILES string of the molecule is Clc1ccc(C(c2cnc3ccccc3c2)N2CCNCC2)cc1. The standard InChI is InChI=1S/C20H20ClN3/c21-18-7-5-15(6-8-18)20(24-11-9-22-10-12-24)17-13-16-3-1-2-4-19(16)23-14-17/h1-8,13-14,20,22H,9-12H2. The summed E-state index contributed by atoms with van der Waals surface area (Å²) in [7, 11) is 0. The molecule has 0 radical (unpaired) electrons. The predicted octanol–water partition coefficient (Wildman–Crippen LogP) is 3.88. The number of rotatable bonds is 3. The van der Waals surface area contributed by atoms with Crippen molar-refractivity contribution in [1.29, 1.82) is 0 Å². The highest BCUT2D eigenvalue weighted by molar-refractivity contribution is 6.30. The van der Waals surface area contributed by atoms with Crippen molar-refractivity contribution in [1.82, 2.24) is 15.2 Å². The maximum Gasteiger partial charge on any atom is 0.0702 e. The first kappa shape index (κ1) is 15.6. The van der Waals surface area contributed by atoms with Gasteiger partial charge in [-0.05, 0) is 35.4 Å². The summed E-state index contributed by atoms with van der Waals surface area (Å²) in [5.41, 5.74) is 3.53. The van der Waals surface area contributed by atoms with E-state index in [1.807, 2.05) is 24.4 Å². The van der Waals surface area contributed by atoms with Crippen LogP contribution in [0.1, 0.15) is 17.2 Å². The summed E-state index contributed by atoms with van der Waals surface area (Å²) in [6.07, 6.45) is 2.02. The molecule has 0 amide bonds. The normalized spacial score (nSPS) is 17.0. The molecule has 1 atom stereocenters. The Kier molecular flexibility index (Phi) is 4.48. The summed E-state index contributed by atoms with van der Waals surface area (Å²) in [4.78, 5) is 7.19. The highest BCUT2D eigenvalue weighted by atomic mass is 35.5. The van der Waals surface area contributed by atoms with E-state index in [1.165, 1.54) is 16.5 Å². The fourth-order valence-electron chi connectivity index (χ4n) is 3.44. The molecule has 0 bridgehead atoms. The molecule has 1 saturated heterocycles. The Labute approximate surface area is 147 Å². The van der Waals surface area contributed by atoms with Gasteiger partial charge in [0.1, 0.15) is 0 Å². The van der Waals surface area contributed by atoms with E-state index >= 15 is 0 Å². The van der Waals surface area contributed by atoms with E-state index in [2.05, 4.69) is 51.6 Å². The van der Waals surface area contributed by atoms with Crippen LogP contribution in [-0.4, -0.2) is 36.1 Å². The van der Waals surface area contributed by atoms with Crippen LogP contribution < -0.4 is 5.32 Å². The lowest BCUT2D eigenvalue weighted by Gasteiger charge is -2.35. The Hall–Kier alpha value is -1.94. The van der Waals surface area contributed by atoms with Crippen LogP contribution in [0.4, 0.5) is 0 Å². The molecule has 1 aliphatic heterocycles. The van der Waals surface area contributed by atoms with E-state index in [-0.39, 0.29) is 6.04 Å². The van der Waals surface area contributed by atoms with Crippen LogP contribution in [0.5, 0.6) is 0 Å². The van der Waals surface area contributed by atoms with Gasteiger partial charge in [0.05, 0.1) is 11.6 Å². The Morgan fingerprint density at radius 1 is 0.958 bits per heavy atom. The first-order chi connectivity index (χ1) is 11.8. The largest absolute Gasteiger partial charge is 0.314 e. The van der Waals surface area contributed by atoms with Gasteiger partial charge in [0.25, 0.3) is 0 Å². The molecule has 24 heavy (non-hydrogen) atoms. The number of para-hydroxylation sites is 1. The molecule has 4 heteroatoms. The zero-order chi connectivity index (χ0) is 16.4. The molecular formula is C20H20ClN3. The Bertz CT molecular complexity index is 826. The van der Waals surface area contributed by atoms with Crippen LogP contribution in [0.2, 0.25) is 5.02 Å². The van der Waals surface area contributed by atoms with Gasteiger partial charge >= 0.3 is 0 Å². The molecule has 4 rings (SSSR count). The minimum atomic E-state index is 0.210. The molecule has 3 nitrogen and oxygen atoms in total. The van der Waals surface area contributed by atoms with Crippen molar-refractivity contribution < 1.29 is 0 Å². The van der Waals surface area contributed by atoms with Gasteiger partial charge < -0.3 is 5.32 Å². The topological polar surface area (TPSA) is 28.2 Å². The summed E-state index contributed by atoms with van der Waals surface area (Å²) in [5, 5.41) is 5.39. The molecular weight excluding hydrogens is 318 g/mol. The summed E-state index contributed by atoms with van der Waals surface area (Å²) >= 11 is 6.09. The van der Waals surface area contributed by atoms with Crippen LogP contribution in [0, 0.1) is 0 Å². The molecule has 0 spiro atoms. The number of pyridine rings is 1. The smallest absolute Gasteiger partial charge is 0.0702 e. The molecule has 2 heterocycles. The summed E-state index contributed by atoms with van der Waals surface area (Å²) in [5.74, 6) is 0. The molecule has 0 saturated carbocycles. The van der Waals surface area contributed by atoms with Crippen LogP contribution in [0.3, 0.4) is 0 Å². The number of fused-ring (bicyclic) bond motifs is 1. The van der Waals surface area contributed by atoms with Gasteiger partial charge in [-0.1, -0.05) is 41.9 Å². The molecule has 122 valence electrons. The van der Waals surface area contributed by atoms with Crippen LogP contribution in [0.15, 0.2) is 60.8 Å². The van der Waals surface area contributed by atoms with Gasteiger partial charge in [-0.2, -0.15) is 0 Å². The molecule has 1 aliphatic rings. The monoisotopic (exact) mass is 337 g/mol. The van der Waals surface area contributed by atoms with Crippen molar-refractivity contribution in [2.45, 2.75) is 6.04 Å². The van der Waals surface area contributed by atoms with Crippen molar-refractivity contribution in [3.8, 4) is 0 Å². The van der Waals surface area contributed by atoms with Crippen molar-refractivity contribution in [2.75, 3.05) is 26.2 Å². The minimum absolute atomic E-state index is 0.210. The highest BCUT2D eigenvalue weighted by Crippen LogP contribution is 2.31. The van der Waals surface area contributed by atoms with Gasteiger partial charge in [-0.3, -0.25) is 9.88 Å². The van der Waals surface area contributed by atoms with Crippen molar-refractivity contribution in [2.24, 2.45) is 0 Å². The van der Waals surface area contributed by atoms with E-state index < -0.39 is 0 Å². The fraction of sp³-hybridized carbons (Fsp3) is 0.250. The summed E-state index contributed by atoms with van der Waals surface area (Å²) in [6.45, 7) is 4.09.